The Balaban J connectivity index is 1.63. The van der Waals surface area contributed by atoms with Crippen LogP contribution in [0.3, 0.4) is 0 Å². The first-order chi connectivity index (χ1) is 11.7. The largest absolute Gasteiger partial charge is 0.494 e. The van der Waals surface area contributed by atoms with Crippen molar-refractivity contribution >= 4 is 0 Å². The number of furan rings is 1. The summed E-state index contributed by atoms with van der Waals surface area (Å²) in [6.45, 7) is 6.45. The molecule has 3 rings (SSSR count). The van der Waals surface area contributed by atoms with Crippen LogP contribution in [-0.2, 0) is 6.54 Å². The molecule has 0 saturated carbocycles. The van der Waals surface area contributed by atoms with Gasteiger partial charge in [-0.05, 0) is 50.4 Å². The summed E-state index contributed by atoms with van der Waals surface area (Å²) in [5.74, 6) is 2.71. The van der Waals surface area contributed by atoms with Gasteiger partial charge in [-0.3, -0.25) is 9.80 Å². The topological polar surface area (TPSA) is 49.1 Å². The van der Waals surface area contributed by atoms with Gasteiger partial charge < -0.3 is 14.3 Å². The Labute approximate surface area is 143 Å². The number of aliphatic hydroxyl groups excluding tert-OH is 1. The van der Waals surface area contributed by atoms with Crippen LogP contribution in [0, 0.1) is 0 Å². The second kappa shape index (κ2) is 7.83. The lowest BCUT2D eigenvalue weighted by molar-refractivity contribution is 0.0509. The lowest BCUT2D eigenvalue weighted by atomic mass is 10.2. The highest BCUT2D eigenvalue weighted by molar-refractivity contribution is 5.58. The van der Waals surface area contributed by atoms with E-state index in [1.165, 1.54) is 0 Å². The third-order valence-electron chi connectivity index (χ3n) is 4.56. The van der Waals surface area contributed by atoms with Gasteiger partial charge in [-0.1, -0.05) is 0 Å². The van der Waals surface area contributed by atoms with E-state index < -0.39 is 0 Å². The molecule has 0 amide bonds. The third kappa shape index (κ3) is 3.98. The molecule has 1 aliphatic rings. The number of likely N-dealkylation sites (N-methyl/N-ethyl adjacent to an activating group) is 1. The summed E-state index contributed by atoms with van der Waals surface area (Å²) in [7, 11) is 2.06. The van der Waals surface area contributed by atoms with Gasteiger partial charge in [0.2, 0.25) is 0 Å². The molecular formula is C19H26N2O3. The first-order valence-corrected chi connectivity index (χ1v) is 8.55. The standard InChI is InChI=1S/C19H26N2O3/c1-3-23-17-6-4-15(5-7-17)19-9-8-18(24-19)13-21-11-10-20(2)16(12-21)14-22/h4-9,16,22H,3,10-14H2,1-2H3/t16-/m1/s1. The summed E-state index contributed by atoms with van der Waals surface area (Å²) in [5.41, 5.74) is 1.05. The predicted molar refractivity (Wildman–Crippen MR) is 94.1 cm³/mol. The Morgan fingerprint density at radius 2 is 1.96 bits per heavy atom. The number of aliphatic hydroxyl groups is 1. The van der Waals surface area contributed by atoms with Gasteiger partial charge in [-0.15, -0.1) is 0 Å². The van der Waals surface area contributed by atoms with E-state index in [1.54, 1.807) is 0 Å². The van der Waals surface area contributed by atoms with Crippen molar-refractivity contribution in [3.8, 4) is 17.1 Å². The van der Waals surface area contributed by atoms with Crippen molar-refractivity contribution in [1.29, 1.82) is 0 Å². The second-order valence-electron chi connectivity index (χ2n) is 6.28. The van der Waals surface area contributed by atoms with E-state index in [1.807, 2.05) is 43.3 Å². The molecule has 0 unspecified atom stereocenters. The maximum atomic E-state index is 9.46. The van der Waals surface area contributed by atoms with E-state index in [-0.39, 0.29) is 12.6 Å². The first kappa shape index (κ1) is 17.0. The number of nitrogens with zero attached hydrogens (tertiary/aromatic N) is 2. The minimum Gasteiger partial charge on any atom is -0.494 e. The van der Waals surface area contributed by atoms with Crippen LogP contribution in [0.4, 0.5) is 0 Å². The molecule has 0 aliphatic carbocycles. The lowest BCUT2D eigenvalue weighted by Gasteiger charge is -2.38. The van der Waals surface area contributed by atoms with Crippen LogP contribution >= 0.6 is 0 Å². The monoisotopic (exact) mass is 330 g/mol. The van der Waals surface area contributed by atoms with Crippen molar-refractivity contribution in [3.05, 3.63) is 42.2 Å². The number of benzene rings is 1. The Bertz CT molecular complexity index is 638. The lowest BCUT2D eigenvalue weighted by Crippen LogP contribution is -2.52. The Morgan fingerprint density at radius 1 is 1.17 bits per heavy atom. The SMILES string of the molecule is CCOc1ccc(-c2ccc(CN3CCN(C)[C@@H](CO)C3)o2)cc1. The van der Waals surface area contributed by atoms with Gasteiger partial charge in [0.15, 0.2) is 0 Å². The van der Waals surface area contributed by atoms with Gasteiger partial charge in [0.05, 0.1) is 19.8 Å². The fourth-order valence-electron chi connectivity index (χ4n) is 3.07. The van der Waals surface area contributed by atoms with Crippen molar-refractivity contribution in [3.63, 3.8) is 0 Å². The fraction of sp³-hybridized carbons (Fsp3) is 0.474. The van der Waals surface area contributed by atoms with E-state index >= 15 is 0 Å². The van der Waals surface area contributed by atoms with Gasteiger partial charge in [-0.2, -0.15) is 0 Å². The zero-order valence-corrected chi connectivity index (χ0v) is 14.4. The number of ether oxygens (including phenoxy) is 1. The average molecular weight is 330 g/mol. The maximum Gasteiger partial charge on any atom is 0.134 e. The van der Waals surface area contributed by atoms with Crippen LogP contribution in [-0.4, -0.2) is 60.8 Å². The number of hydrogen-bond donors (Lipinski definition) is 1. The van der Waals surface area contributed by atoms with E-state index in [0.717, 1.165) is 49.0 Å². The molecule has 1 atom stereocenters. The molecule has 1 aromatic heterocycles. The molecular weight excluding hydrogens is 304 g/mol. The number of hydrogen-bond acceptors (Lipinski definition) is 5. The minimum atomic E-state index is 0.197. The highest BCUT2D eigenvalue weighted by atomic mass is 16.5. The summed E-state index contributed by atoms with van der Waals surface area (Å²) in [5, 5.41) is 9.46. The molecule has 0 bridgehead atoms. The average Bonchev–Trinajstić information content (AvgIpc) is 3.06. The molecule has 1 N–H and O–H groups in total. The molecule has 24 heavy (non-hydrogen) atoms. The summed E-state index contributed by atoms with van der Waals surface area (Å²) in [4.78, 5) is 4.55. The van der Waals surface area contributed by atoms with Crippen molar-refractivity contribution in [1.82, 2.24) is 9.80 Å². The summed E-state index contributed by atoms with van der Waals surface area (Å²) in [6.07, 6.45) is 0. The van der Waals surface area contributed by atoms with Gasteiger partial charge in [0.1, 0.15) is 17.3 Å². The fourth-order valence-corrected chi connectivity index (χ4v) is 3.07. The Hall–Kier alpha value is -1.82. The zero-order valence-electron chi connectivity index (χ0n) is 14.4. The van der Waals surface area contributed by atoms with Crippen LogP contribution in [0.15, 0.2) is 40.8 Å². The van der Waals surface area contributed by atoms with Crippen LogP contribution in [0.25, 0.3) is 11.3 Å². The van der Waals surface area contributed by atoms with Crippen LogP contribution in [0.1, 0.15) is 12.7 Å². The van der Waals surface area contributed by atoms with Gasteiger partial charge in [0, 0.05) is 31.2 Å². The molecule has 130 valence electrons. The van der Waals surface area contributed by atoms with Gasteiger partial charge in [0.25, 0.3) is 0 Å². The Morgan fingerprint density at radius 3 is 2.67 bits per heavy atom. The number of piperazine rings is 1. The molecule has 1 saturated heterocycles. The van der Waals surface area contributed by atoms with Gasteiger partial charge >= 0.3 is 0 Å². The molecule has 0 spiro atoms. The molecule has 1 aliphatic heterocycles. The molecule has 2 heterocycles. The normalized spacial score (nSPS) is 19.5. The van der Waals surface area contributed by atoms with E-state index in [4.69, 9.17) is 9.15 Å². The molecule has 1 aromatic carbocycles. The van der Waals surface area contributed by atoms with Gasteiger partial charge in [-0.25, -0.2) is 0 Å². The molecule has 5 heteroatoms. The molecule has 5 nitrogen and oxygen atoms in total. The maximum absolute atomic E-state index is 9.46. The summed E-state index contributed by atoms with van der Waals surface area (Å²) >= 11 is 0. The summed E-state index contributed by atoms with van der Waals surface area (Å²) < 4.78 is 11.5. The molecule has 2 aromatic rings. The van der Waals surface area contributed by atoms with Crippen molar-refractivity contribution in [2.45, 2.75) is 19.5 Å². The van der Waals surface area contributed by atoms with E-state index in [2.05, 4.69) is 16.8 Å². The first-order valence-electron chi connectivity index (χ1n) is 8.55. The zero-order chi connectivity index (χ0) is 16.9. The van der Waals surface area contributed by atoms with Crippen LogP contribution in [0.5, 0.6) is 5.75 Å². The highest BCUT2D eigenvalue weighted by Gasteiger charge is 2.24. The third-order valence-corrected chi connectivity index (χ3v) is 4.56. The van der Waals surface area contributed by atoms with Crippen molar-refractivity contribution in [2.75, 3.05) is 39.9 Å². The smallest absolute Gasteiger partial charge is 0.134 e. The molecule has 1 fully saturated rings. The quantitative estimate of drug-likeness (QED) is 0.882. The predicted octanol–water partition coefficient (Wildman–Crippen LogP) is 2.45. The Kier molecular flexibility index (Phi) is 5.56. The summed E-state index contributed by atoms with van der Waals surface area (Å²) in [6, 6.07) is 12.2. The van der Waals surface area contributed by atoms with Crippen molar-refractivity contribution < 1.29 is 14.3 Å². The number of rotatable bonds is 6. The minimum absolute atomic E-state index is 0.197. The van der Waals surface area contributed by atoms with E-state index in [0.29, 0.717) is 6.61 Å². The van der Waals surface area contributed by atoms with Crippen LogP contribution in [0.2, 0.25) is 0 Å². The van der Waals surface area contributed by atoms with Crippen molar-refractivity contribution in [2.24, 2.45) is 0 Å². The second-order valence-corrected chi connectivity index (χ2v) is 6.28. The van der Waals surface area contributed by atoms with E-state index in [9.17, 15) is 5.11 Å². The van der Waals surface area contributed by atoms with Crippen LogP contribution < -0.4 is 4.74 Å². The highest BCUT2D eigenvalue weighted by Crippen LogP contribution is 2.25. The molecule has 0 radical (unpaired) electrons.